The van der Waals surface area contributed by atoms with E-state index in [0.717, 1.165) is 38.4 Å². The minimum Gasteiger partial charge on any atom is -0.489 e. The third-order valence-electron chi connectivity index (χ3n) is 6.42. The van der Waals surface area contributed by atoms with Crippen molar-refractivity contribution in [3.8, 4) is 5.75 Å². The summed E-state index contributed by atoms with van der Waals surface area (Å²) in [6.07, 6.45) is 2.33. The van der Waals surface area contributed by atoms with Crippen LogP contribution in [0.3, 0.4) is 0 Å². The van der Waals surface area contributed by atoms with Crippen molar-refractivity contribution in [2.45, 2.75) is 25.4 Å². The second-order valence-corrected chi connectivity index (χ2v) is 8.71. The summed E-state index contributed by atoms with van der Waals surface area (Å²) in [7, 11) is 0. The van der Waals surface area contributed by atoms with Gasteiger partial charge in [-0.05, 0) is 49.5 Å². The van der Waals surface area contributed by atoms with Crippen molar-refractivity contribution in [2.75, 3.05) is 37.7 Å². The van der Waals surface area contributed by atoms with Gasteiger partial charge in [0.05, 0.1) is 17.8 Å². The van der Waals surface area contributed by atoms with Crippen LogP contribution in [0.15, 0.2) is 42.5 Å². The van der Waals surface area contributed by atoms with Crippen LogP contribution in [-0.4, -0.2) is 49.6 Å². The van der Waals surface area contributed by atoms with Crippen molar-refractivity contribution in [1.82, 2.24) is 10.2 Å². The fourth-order valence-electron chi connectivity index (χ4n) is 4.86. The standard InChI is InChI=1S/C23H26ClN3O2/c24-18-12-19(23(28)25-20-15-26-8-6-17(20)7-9-26)22-21(13-18)27(10-11-29-22)14-16-4-2-1-3-5-16/h1-5,12-13,17,20H,6-11,14-15H2,(H,25,28). The topological polar surface area (TPSA) is 44.8 Å². The average molecular weight is 412 g/mol. The average Bonchev–Trinajstić information content (AvgIpc) is 2.75. The van der Waals surface area contributed by atoms with E-state index in [0.29, 0.717) is 28.9 Å². The van der Waals surface area contributed by atoms with Crippen LogP contribution in [0.1, 0.15) is 28.8 Å². The van der Waals surface area contributed by atoms with Crippen LogP contribution in [0.4, 0.5) is 5.69 Å². The van der Waals surface area contributed by atoms with Crippen LogP contribution < -0.4 is 15.0 Å². The molecule has 29 heavy (non-hydrogen) atoms. The molecular formula is C23H26ClN3O2. The van der Waals surface area contributed by atoms with Crippen molar-refractivity contribution in [3.63, 3.8) is 0 Å². The number of nitrogens with one attached hydrogen (secondary N) is 1. The highest BCUT2D eigenvalue weighted by Gasteiger charge is 2.36. The number of benzene rings is 2. The Hall–Kier alpha value is -2.24. The molecule has 0 aromatic heterocycles. The van der Waals surface area contributed by atoms with Gasteiger partial charge in [0.25, 0.3) is 5.91 Å². The fourth-order valence-corrected chi connectivity index (χ4v) is 5.07. The zero-order chi connectivity index (χ0) is 19.8. The van der Waals surface area contributed by atoms with Gasteiger partial charge in [0.15, 0.2) is 5.75 Å². The van der Waals surface area contributed by atoms with E-state index < -0.39 is 0 Å². The highest BCUT2D eigenvalue weighted by molar-refractivity contribution is 6.31. The molecule has 6 heteroatoms. The van der Waals surface area contributed by atoms with E-state index >= 15 is 0 Å². The number of carbonyl (C=O) groups excluding carboxylic acids is 1. The van der Waals surface area contributed by atoms with Gasteiger partial charge in [-0.1, -0.05) is 41.9 Å². The first-order valence-electron chi connectivity index (χ1n) is 10.5. The van der Waals surface area contributed by atoms with Crippen molar-refractivity contribution < 1.29 is 9.53 Å². The highest BCUT2D eigenvalue weighted by atomic mass is 35.5. The van der Waals surface area contributed by atoms with E-state index in [4.69, 9.17) is 16.3 Å². The molecule has 2 aromatic rings. The maximum atomic E-state index is 13.2. The number of rotatable bonds is 4. The molecule has 1 unspecified atom stereocenters. The second-order valence-electron chi connectivity index (χ2n) is 8.28. The molecule has 0 aliphatic carbocycles. The summed E-state index contributed by atoms with van der Waals surface area (Å²) in [6, 6.07) is 14.2. The molecule has 2 bridgehead atoms. The third-order valence-corrected chi connectivity index (χ3v) is 6.63. The molecule has 0 radical (unpaired) electrons. The van der Waals surface area contributed by atoms with Crippen LogP contribution in [0.5, 0.6) is 5.75 Å². The second kappa shape index (κ2) is 7.88. The molecule has 4 aliphatic heterocycles. The van der Waals surface area contributed by atoms with Gasteiger partial charge in [-0.3, -0.25) is 4.79 Å². The summed E-state index contributed by atoms with van der Waals surface area (Å²) in [5.74, 6) is 1.15. The predicted molar refractivity (Wildman–Crippen MR) is 115 cm³/mol. The Morgan fingerprint density at radius 3 is 2.66 bits per heavy atom. The Morgan fingerprint density at radius 2 is 1.93 bits per heavy atom. The van der Waals surface area contributed by atoms with Crippen LogP contribution in [0.2, 0.25) is 5.02 Å². The predicted octanol–water partition coefficient (Wildman–Crippen LogP) is 3.56. The van der Waals surface area contributed by atoms with E-state index in [1.807, 2.05) is 24.3 Å². The first kappa shape index (κ1) is 18.8. The molecule has 4 aliphatic rings. The maximum Gasteiger partial charge on any atom is 0.255 e. The number of nitrogens with zero attached hydrogens (tertiary/aromatic N) is 2. The first-order chi connectivity index (χ1) is 14.2. The largest absolute Gasteiger partial charge is 0.489 e. The summed E-state index contributed by atoms with van der Waals surface area (Å²) in [4.78, 5) is 17.9. The fraction of sp³-hybridized carbons (Fsp3) is 0.435. The van der Waals surface area contributed by atoms with Crippen molar-refractivity contribution in [1.29, 1.82) is 0 Å². The minimum atomic E-state index is -0.0796. The molecule has 0 saturated carbocycles. The molecule has 2 aromatic carbocycles. The molecule has 6 rings (SSSR count). The van der Waals surface area contributed by atoms with Gasteiger partial charge in [-0.25, -0.2) is 0 Å². The van der Waals surface area contributed by atoms with Gasteiger partial charge >= 0.3 is 0 Å². The molecule has 3 fully saturated rings. The van der Waals surface area contributed by atoms with Crippen LogP contribution in [0, 0.1) is 5.92 Å². The van der Waals surface area contributed by atoms with Gasteiger partial charge in [0.2, 0.25) is 0 Å². The number of carbonyl (C=O) groups is 1. The lowest BCUT2D eigenvalue weighted by Gasteiger charge is -2.45. The van der Waals surface area contributed by atoms with Crippen LogP contribution in [0.25, 0.3) is 0 Å². The first-order valence-corrected chi connectivity index (χ1v) is 10.8. The lowest BCUT2D eigenvalue weighted by atomic mass is 9.84. The number of piperidine rings is 3. The molecule has 0 spiro atoms. The number of ether oxygens (including phenoxy) is 1. The molecule has 5 nitrogen and oxygen atoms in total. The summed E-state index contributed by atoms with van der Waals surface area (Å²) >= 11 is 6.43. The van der Waals surface area contributed by atoms with Gasteiger partial charge < -0.3 is 19.9 Å². The summed E-state index contributed by atoms with van der Waals surface area (Å²) in [5.41, 5.74) is 2.66. The molecular weight excluding hydrogens is 386 g/mol. The number of halogens is 1. The minimum absolute atomic E-state index is 0.0796. The van der Waals surface area contributed by atoms with Crippen LogP contribution >= 0.6 is 11.6 Å². The number of fused-ring (bicyclic) bond motifs is 4. The molecule has 1 atom stereocenters. The van der Waals surface area contributed by atoms with Crippen molar-refractivity contribution in [2.24, 2.45) is 5.92 Å². The van der Waals surface area contributed by atoms with E-state index in [1.165, 1.54) is 18.4 Å². The zero-order valence-corrected chi connectivity index (χ0v) is 17.2. The molecule has 1 N–H and O–H groups in total. The number of hydrogen-bond acceptors (Lipinski definition) is 4. The number of anilines is 1. The Balaban J connectivity index is 1.40. The summed E-state index contributed by atoms with van der Waals surface area (Å²) in [6.45, 7) is 5.34. The molecule has 1 amide bonds. The van der Waals surface area contributed by atoms with Gasteiger partial charge in [0, 0.05) is 24.2 Å². The van der Waals surface area contributed by atoms with E-state index in [2.05, 4.69) is 27.2 Å². The van der Waals surface area contributed by atoms with Gasteiger partial charge in [-0.2, -0.15) is 0 Å². The van der Waals surface area contributed by atoms with E-state index in [1.54, 1.807) is 6.07 Å². The lowest BCUT2D eigenvalue weighted by molar-refractivity contribution is 0.0618. The normalized spacial score (nSPS) is 25.3. The molecule has 4 heterocycles. The van der Waals surface area contributed by atoms with Crippen molar-refractivity contribution >= 4 is 23.2 Å². The smallest absolute Gasteiger partial charge is 0.255 e. The van der Waals surface area contributed by atoms with Gasteiger partial charge in [-0.15, -0.1) is 0 Å². The number of hydrogen-bond donors (Lipinski definition) is 1. The number of amides is 1. The van der Waals surface area contributed by atoms with E-state index in [9.17, 15) is 4.79 Å². The Bertz CT molecular complexity index is 896. The Kier molecular flexibility index (Phi) is 5.10. The summed E-state index contributed by atoms with van der Waals surface area (Å²) < 4.78 is 5.98. The van der Waals surface area contributed by atoms with Crippen LogP contribution in [-0.2, 0) is 6.54 Å². The monoisotopic (exact) mass is 411 g/mol. The highest BCUT2D eigenvalue weighted by Crippen LogP contribution is 2.39. The lowest BCUT2D eigenvalue weighted by Crippen LogP contribution is -2.57. The quantitative estimate of drug-likeness (QED) is 0.835. The van der Waals surface area contributed by atoms with E-state index in [-0.39, 0.29) is 11.9 Å². The van der Waals surface area contributed by atoms with Crippen molar-refractivity contribution in [3.05, 3.63) is 58.6 Å². The summed E-state index contributed by atoms with van der Waals surface area (Å²) in [5, 5.41) is 3.83. The zero-order valence-electron chi connectivity index (χ0n) is 16.4. The SMILES string of the molecule is O=C(NC1CN2CCC1CC2)c1cc(Cl)cc2c1OCCN2Cc1ccccc1. The van der Waals surface area contributed by atoms with Gasteiger partial charge in [0.1, 0.15) is 6.61 Å². The third kappa shape index (κ3) is 3.81. The Labute approximate surface area is 176 Å². The maximum absolute atomic E-state index is 13.2. The molecule has 3 saturated heterocycles. The Morgan fingerprint density at radius 1 is 1.14 bits per heavy atom. The molecule has 152 valence electrons.